The van der Waals surface area contributed by atoms with Crippen LogP contribution in [0.2, 0.25) is 0 Å². The van der Waals surface area contributed by atoms with Crippen molar-refractivity contribution in [1.82, 2.24) is 4.98 Å². The zero-order chi connectivity index (χ0) is 14.7. The van der Waals surface area contributed by atoms with Crippen molar-refractivity contribution in [2.24, 2.45) is 0 Å². The van der Waals surface area contributed by atoms with E-state index in [2.05, 4.69) is 36.8 Å². The summed E-state index contributed by atoms with van der Waals surface area (Å²) in [6.45, 7) is 0. The summed E-state index contributed by atoms with van der Waals surface area (Å²) in [4.78, 5) is 15.0. The molecule has 0 bridgehead atoms. The summed E-state index contributed by atoms with van der Waals surface area (Å²) in [6.07, 6.45) is 1.47. The van der Waals surface area contributed by atoms with Gasteiger partial charge in [0.2, 0.25) is 5.88 Å². The molecule has 0 amide bonds. The van der Waals surface area contributed by atoms with Gasteiger partial charge in [-0.3, -0.25) is 0 Å². The number of hydrogen-bond acceptors (Lipinski definition) is 4. The van der Waals surface area contributed by atoms with Gasteiger partial charge in [0.25, 0.3) is 0 Å². The summed E-state index contributed by atoms with van der Waals surface area (Å²) in [6, 6.07) is 6.35. The molecule has 0 saturated heterocycles. The molecule has 2 rings (SSSR count). The number of aromatic carboxylic acids is 1. The highest BCUT2D eigenvalue weighted by Crippen LogP contribution is 2.38. The number of nitrogens with zero attached hydrogens (tertiary/aromatic N) is 1. The lowest BCUT2D eigenvalue weighted by atomic mass is 10.2. The Morgan fingerprint density at radius 3 is 2.55 bits per heavy atom. The minimum absolute atomic E-state index is 0.00802. The van der Waals surface area contributed by atoms with Crippen LogP contribution in [0.1, 0.15) is 10.4 Å². The molecule has 0 unspecified atom stereocenters. The number of rotatable bonds is 4. The van der Waals surface area contributed by atoms with Crippen LogP contribution < -0.4 is 9.47 Å². The Kier molecular flexibility index (Phi) is 4.61. The van der Waals surface area contributed by atoms with Crippen LogP contribution in [0.3, 0.4) is 0 Å². The Morgan fingerprint density at radius 2 is 1.90 bits per heavy atom. The van der Waals surface area contributed by atoms with Crippen molar-refractivity contribution in [3.63, 3.8) is 0 Å². The molecule has 5 nitrogen and oxygen atoms in total. The number of aromatic nitrogens is 1. The van der Waals surface area contributed by atoms with Gasteiger partial charge in [-0.05, 0) is 56.1 Å². The number of carboxylic acids is 1. The van der Waals surface area contributed by atoms with Crippen molar-refractivity contribution < 1.29 is 19.4 Å². The fourth-order valence-corrected chi connectivity index (χ4v) is 2.37. The summed E-state index contributed by atoms with van der Waals surface area (Å²) < 4.78 is 12.0. The Labute approximate surface area is 131 Å². The van der Waals surface area contributed by atoms with Crippen LogP contribution in [0, 0.1) is 0 Å². The predicted octanol–water partition coefficient (Wildman–Crippen LogP) is 4.11. The van der Waals surface area contributed by atoms with E-state index in [0.717, 1.165) is 0 Å². The van der Waals surface area contributed by atoms with Crippen molar-refractivity contribution in [1.29, 1.82) is 0 Å². The summed E-state index contributed by atoms with van der Waals surface area (Å²) in [5.74, 6) is -0.0165. The van der Waals surface area contributed by atoms with E-state index in [9.17, 15) is 4.79 Å². The van der Waals surface area contributed by atoms with Gasteiger partial charge in [-0.1, -0.05) is 0 Å². The Balaban J connectivity index is 2.40. The van der Waals surface area contributed by atoms with Gasteiger partial charge in [0.05, 0.1) is 16.1 Å². The van der Waals surface area contributed by atoms with Crippen molar-refractivity contribution in [2.45, 2.75) is 0 Å². The maximum absolute atomic E-state index is 11.1. The fourth-order valence-electron chi connectivity index (χ4n) is 1.48. The number of carboxylic acid groups (broad SMARTS) is 1. The zero-order valence-electron chi connectivity index (χ0n) is 10.3. The topological polar surface area (TPSA) is 68.7 Å². The summed E-state index contributed by atoms with van der Waals surface area (Å²) in [7, 11) is 1.55. The van der Waals surface area contributed by atoms with Gasteiger partial charge >= 0.3 is 5.97 Å². The summed E-state index contributed by atoms with van der Waals surface area (Å²) in [5.41, 5.74) is -0.00802. The highest BCUT2D eigenvalue weighted by atomic mass is 79.9. The van der Waals surface area contributed by atoms with E-state index in [-0.39, 0.29) is 11.4 Å². The lowest BCUT2D eigenvalue weighted by molar-refractivity contribution is 0.0693. The molecular weight excluding hydrogens is 394 g/mol. The zero-order valence-corrected chi connectivity index (χ0v) is 13.4. The third-order valence-electron chi connectivity index (χ3n) is 2.41. The maximum atomic E-state index is 11.1. The van der Waals surface area contributed by atoms with E-state index in [1.807, 2.05) is 0 Å². The van der Waals surface area contributed by atoms with Gasteiger partial charge in [0, 0.05) is 6.20 Å². The largest absolute Gasteiger partial charge is 0.496 e. The Hall–Kier alpha value is -1.60. The van der Waals surface area contributed by atoms with Crippen molar-refractivity contribution in [3.8, 4) is 17.4 Å². The third kappa shape index (κ3) is 3.10. The van der Waals surface area contributed by atoms with E-state index < -0.39 is 5.97 Å². The van der Waals surface area contributed by atoms with Gasteiger partial charge in [-0.2, -0.15) is 0 Å². The van der Waals surface area contributed by atoms with E-state index in [1.165, 1.54) is 18.3 Å². The fraction of sp³-hybridized carbons (Fsp3) is 0.0769. The van der Waals surface area contributed by atoms with E-state index in [1.54, 1.807) is 19.2 Å². The molecule has 0 saturated carbocycles. The van der Waals surface area contributed by atoms with Gasteiger partial charge in [-0.15, -0.1) is 0 Å². The standard InChI is InChI=1S/C13H9Br2NO4/c1-19-10-5-9(15)11(6-8(10)14)20-12-7(13(17)18)3-2-4-16-12/h2-6H,1H3,(H,17,18). The number of halogens is 2. The number of carbonyl (C=O) groups is 1. The lowest BCUT2D eigenvalue weighted by Crippen LogP contribution is -2.01. The molecule has 0 aliphatic rings. The normalized spacial score (nSPS) is 10.2. The molecular formula is C13H9Br2NO4. The first-order chi connectivity index (χ1) is 9.52. The van der Waals surface area contributed by atoms with E-state index in [4.69, 9.17) is 14.6 Å². The molecule has 20 heavy (non-hydrogen) atoms. The molecule has 0 fully saturated rings. The molecule has 7 heteroatoms. The molecule has 1 N–H and O–H groups in total. The average Bonchev–Trinajstić information content (AvgIpc) is 2.42. The van der Waals surface area contributed by atoms with Crippen LogP contribution in [0.5, 0.6) is 17.4 Å². The molecule has 1 aromatic carbocycles. The highest BCUT2D eigenvalue weighted by Gasteiger charge is 2.15. The number of pyridine rings is 1. The van der Waals surface area contributed by atoms with Crippen LogP contribution in [-0.4, -0.2) is 23.2 Å². The molecule has 2 aromatic rings. The molecule has 0 aliphatic heterocycles. The smallest absolute Gasteiger partial charge is 0.341 e. The van der Waals surface area contributed by atoms with Crippen molar-refractivity contribution >= 4 is 37.8 Å². The van der Waals surface area contributed by atoms with Gasteiger partial charge in [-0.25, -0.2) is 9.78 Å². The molecule has 0 radical (unpaired) electrons. The van der Waals surface area contributed by atoms with Crippen LogP contribution in [0.25, 0.3) is 0 Å². The average molecular weight is 403 g/mol. The van der Waals surface area contributed by atoms with Gasteiger partial charge < -0.3 is 14.6 Å². The number of hydrogen-bond donors (Lipinski definition) is 1. The number of ether oxygens (including phenoxy) is 2. The van der Waals surface area contributed by atoms with Gasteiger partial charge in [0.1, 0.15) is 17.1 Å². The number of benzene rings is 1. The predicted molar refractivity (Wildman–Crippen MR) is 79.7 cm³/mol. The second kappa shape index (κ2) is 6.23. The SMILES string of the molecule is COc1cc(Br)c(Oc2ncccc2C(=O)O)cc1Br. The van der Waals surface area contributed by atoms with Crippen LogP contribution in [-0.2, 0) is 0 Å². The molecule has 104 valence electrons. The third-order valence-corrected chi connectivity index (χ3v) is 3.65. The van der Waals surface area contributed by atoms with E-state index in [0.29, 0.717) is 20.4 Å². The van der Waals surface area contributed by atoms with E-state index >= 15 is 0 Å². The molecule has 0 aliphatic carbocycles. The lowest BCUT2D eigenvalue weighted by Gasteiger charge is -2.11. The Morgan fingerprint density at radius 1 is 1.25 bits per heavy atom. The molecule has 0 spiro atoms. The first-order valence-corrected chi connectivity index (χ1v) is 7.00. The highest BCUT2D eigenvalue weighted by molar-refractivity contribution is 9.11. The number of methoxy groups -OCH3 is 1. The minimum atomic E-state index is -1.10. The Bertz CT molecular complexity index is 661. The first-order valence-electron chi connectivity index (χ1n) is 5.42. The summed E-state index contributed by atoms with van der Waals surface area (Å²) >= 11 is 6.68. The quantitative estimate of drug-likeness (QED) is 0.833. The summed E-state index contributed by atoms with van der Waals surface area (Å²) in [5, 5.41) is 9.09. The molecule has 1 heterocycles. The second-order valence-corrected chi connectivity index (χ2v) is 5.39. The monoisotopic (exact) mass is 401 g/mol. The first kappa shape index (κ1) is 14.8. The van der Waals surface area contributed by atoms with Crippen LogP contribution in [0.4, 0.5) is 0 Å². The second-order valence-electron chi connectivity index (χ2n) is 3.68. The minimum Gasteiger partial charge on any atom is -0.496 e. The van der Waals surface area contributed by atoms with Crippen LogP contribution in [0.15, 0.2) is 39.4 Å². The molecule has 0 atom stereocenters. The molecule has 1 aromatic heterocycles. The van der Waals surface area contributed by atoms with Gasteiger partial charge in [0.15, 0.2) is 0 Å². The maximum Gasteiger partial charge on any atom is 0.341 e. The van der Waals surface area contributed by atoms with Crippen molar-refractivity contribution in [2.75, 3.05) is 7.11 Å². The van der Waals surface area contributed by atoms with Crippen molar-refractivity contribution in [3.05, 3.63) is 45.0 Å². The van der Waals surface area contributed by atoms with Crippen LogP contribution >= 0.6 is 31.9 Å².